The summed E-state index contributed by atoms with van der Waals surface area (Å²) in [5.74, 6) is 0.0917. The van der Waals surface area contributed by atoms with Gasteiger partial charge in [-0.15, -0.1) is 11.8 Å². The minimum atomic E-state index is -3.85. The first kappa shape index (κ1) is 22.5. The fourth-order valence-electron chi connectivity index (χ4n) is 3.66. The van der Waals surface area contributed by atoms with Crippen LogP contribution in [-0.4, -0.2) is 48.0 Å². The lowest BCUT2D eigenvalue weighted by atomic mass is 10.1. The van der Waals surface area contributed by atoms with E-state index in [1.165, 1.54) is 16.1 Å². The van der Waals surface area contributed by atoms with Crippen molar-refractivity contribution in [2.75, 3.05) is 18.9 Å². The van der Waals surface area contributed by atoms with Crippen LogP contribution in [0.4, 0.5) is 0 Å². The number of carbonyl (C=O) groups excluding carboxylic acids is 1. The molecule has 1 amide bonds. The second kappa shape index (κ2) is 9.87. The molecule has 1 heterocycles. The lowest BCUT2D eigenvalue weighted by Crippen LogP contribution is -2.46. The first-order valence-corrected chi connectivity index (χ1v) is 12.7. The molecule has 1 saturated heterocycles. The number of hydrogen-bond acceptors (Lipinski definition) is 5. The van der Waals surface area contributed by atoms with E-state index in [4.69, 9.17) is 0 Å². The van der Waals surface area contributed by atoms with Gasteiger partial charge in [-0.3, -0.25) is 4.79 Å². The van der Waals surface area contributed by atoms with Crippen LogP contribution in [0.1, 0.15) is 11.6 Å². The van der Waals surface area contributed by atoms with Crippen LogP contribution in [-0.2, 0) is 14.8 Å². The molecule has 0 spiro atoms. The lowest BCUT2D eigenvalue weighted by Gasteiger charge is -2.25. The molecule has 4 rings (SSSR count). The summed E-state index contributed by atoms with van der Waals surface area (Å²) in [5.41, 5.74) is 2.68. The van der Waals surface area contributed by atoms with Gasteiger partial charge in [-0.25, -0.2) is 8.42 Å². The Morgan fingerprint density at radius 1 is 0.969 bits per heavy atom. The molecular weight excluding hydrogens is 444 g/mol. The van der Waals surface area contributed by atoms with Crippen LogP contribution in [0, 0.1) is 0 Å². The summed E-state index contributed by atoms with van der Waals surface area (Å²) in [6, 6.07) is 24.9. The van der Waals surface area contributed by atoms with Crippen molar-refractivity contribution in [1.82, 2.24) is 9.62 Å². The summed E-state index contributed by atoms with van der Waals surface area (Å²) >= 11 is 1.28. The van der Waals surface area contributed by atoms with Crippen LogP contribution < -0.4 is 5.32 Å². The Bertz CT molecular complexity index is 1150. The monoisotopic (exact) mass is 468 g/mol. The molecule has 0 aromatic heterocycles. The van der Waals surface area contributed by atoms with Gasteiger partial charge in [0.2, 0.25) is 15.9 Å². The highest BCUT2D eigenvalue weighted by atomic mass is 32.2. The van der Waals surface area contributed by atoms with Gasteiger partial charge in [0.05, 0.1) is 17.5 Å². The third-order valence-corrected chi connectivity index (χ3v) is 8.56. The number of hydrogen-bond donors (Lipinski definition) is 2. The minimum Gasteiger partial charge on any atom is -0.394 e. The van der Waals surface area contributed by atoms with Gasteiger partial charge in [0, 0.05) is 12.3 Å². The van der Waals surface area contributed by atoms with Crippen molar-refractivity contribution < 1.29 is 18.3 Å². The van der Waals surface area contributed by atoms with Gasteiger partial charge in [0.25, 0.3) is 0 Å². The van der Waals surface area contributed by atoms with Crippen molar-refractivity contribution >= 4 is 27.7 Å². The first-order valence-electron chi connectivity index (χ1n) is 10.3. The van der Waals surface area contributed by atoms with E-state index >= 15 is 0 Å². The topological polar surface area (TPSA) is 86.7 Å². The molecule has 2 N–H and O–H groups in total. The summed E-state index contributed by atoms with van der Waals surface area (Å²) in [7, 11) is -3.85. The van der Waals surface area contributed by atoms with E-state index in [0.717, 1.165) is 16.7 Å². The number of amides is 1. The summed E-state index contributed by atoms with van der Waals surface area (Å²) in [6.45, 7) is -0.0263. The summed E-state index contributed by atoms with van der Waals surface area (Å²) in [5, 5.41) is 11.7. The molecule has 0 aliphatic carbocycles. The molecule has 32 heavy (non-hydrogen) atoms. The summed E-state index contributed by atoms with van der Waals surface area (Å²) < 4.78 is 27.9. The van der Waals surface area contributed by atoms with Crippen LogP contribution >= 0.6 is 11.8 Å². The Morgan fingerprint density at radius 2 is 1.56 bits per heavy atom. The van der Waals surface area contributed by atoms with Gasteiger partial charge < -0.3 is 10.4 Å². The molecule has 0 radical (unpaired) electrons. The van der Waals surface area contributed by atoms with E-state index < -0.39 is 27.3 Å². The quantitative estimate of drug-likeness (QED) is 0.556. The van der Waals surface area contributed by atoms with Crippen molar-refractivity contribution in [2.45, 2.75) is 16.3 Å². The largest absolute Gasteiger partial charge is 0.394 e. The SMILES string of the molecule is O=C(N[C@H](CO)c1ccccc1)C1SCCN1S(=O)(=O)c1ccc(-c2ccccc2)cc1. The Hall–Kier alpha value is -2.65. The van der Waals surface area contributed by atoms with E-state index in [0.29, 0.717) is 5.75 Å². The van der Waals surface area contributed by atoms with E-state index in [1.807, 2.05) is 60.7 Å². The predicted octanol–water partition coefficient (Wildman–Crippen LogP) is 3.27. The van der Waals surface area contributed by atoms with Crippen molar-refractivity contribution in [3.05, 3.63) is 90.5 Å². The van der Waals surface area contributed by atoms with Crippen molar-refractivity contribution in [1.29, 1.82) is 0 Å². The smallest absolute Gasteiger partial charge is 0.249 e. The van der Waals surface area contributed by atoms with Crippen molar-refractivity contribution in [3.63, 3.8) is 0 Å². The van der Waals surface area contributed by atoms with Crippen molar-refractivity contribution in [3.8, 4) is 11.1 Å². The van der Waals surface area contributed by atoms with E-state index in [2.05, 4.69) is 5.32 Å². The normalized spacial score (nSPS) is 17.7. The lowest BCUT2D eigenvalue weighted by molar-refractivity contribution is -0.123. The van der Waals surface area contributed by atoms with Gasteiger partial charge in [0.1, 0.15) is 5.37 Å². The zero-order chi connectivity index (χ0) is 22.6. The third-order valence-electron chi connectivity index (χ3n) is 5.34. The molecule has 3 aromatic carbocycles. The molecule has 0 saturated carbocycles. The predicted molar refractivity (Wildman–Crippen MR) is 126 cm³/mol. The number of aliphatic hydroxyl groups is 1. The molecule has 1 aliphatic heterocycles. The Balaban J connectivity index is 1.52. The summed E-state index contributed by atoms with van der Waals surface area (Å²) in [4.78, 5) is 13.1. The number of carbonyl (C=O) groups is 1. The molecule has 0 bridgehead atoms. The number of nitrogens with zero attached hydrogens (tertiary/aromatic N) is 1. The first-order chi connectivity index (χ1) is 15.5. The highest BCUT2D eigenvalue weighted by Crippen LogP contribution is 2.31. The van der Waals surface area contributed by atoms with Gasteiger partial charge in [-0.05, 0) is 28.8 Å². The number of aliphatic hydroxyl groups excluding tert-OH is 1. The maximum absolute atomic E-state index is 13.3. The standard InChI is InChI=1S/C24H24N2O4S2/c27-17-22(20-9-5-2-6-10-20)25-23(28)24-26(15-16-31-24)32(29,30)21-13-11-19(12-14-21)18-7-3-1-4-8-18/h1-14,22,24,27H,15-17H2,(H,25,28)/t22-,24?/m1/s1. The Morgan fingerprint density at radius 3 is 2.19 bits per heavy atom. The number of sulfonamides is 1. The fraction of sp³-hybridized carbons (Fsp3) is 0.208. The second-order valence-corrected chi connectivity index (χ2v) is 10.5. The molecule has 2 atom stereocenters. The Labute approximate surface area is 192 Å². The van der Waals surface area contributed by atoms with Crippen LogP contribution in [0.3, 0.4) is 0 Å². The van der Waals surface area contributed by atoms with Gasteiger partial charge >= 0.3 is 0 Å². The van der Waals surface area contributed by atoms with Gasteiger partial charge in [-0.2, -0.15) is 4.31 Å². The molecule has 8 heteroatoms. The molecular formula is C24H24N2O4S2. The van der Waals surface area contributed by atoms with Gasteiger partial charge in [0.15, 0.2) is 0 Å². The molecule has 6 nitrogen and oxygen atoms in total. The zero-order valence-corrected chi connectivity index (χ0v) is 18.9. The number of thioether (sulfide) groups is 1. The summed E-state index contributed by atoms with van der Waals surface area (Å²) in [6.07, 6.45) is 0. The number of nitrogens with one attached hydrogen (secondary N) is 1. The average Bonchev–Trinajstić information content (AvgIpc) is 3.35. The van der Waals surface area contributed by atoms with Gasteiger partial charge in [-0.1, -0.05) is 72.8 Å². The van der Waals surface area contributed by atoms with E-state index in [-0.39, 0.29) is 18.0 Å². The van der Waals surface area contributed by atoms with Crippen LogP contribution in [0.2, 0.25) is 0 Å². The fourth-order valence-corrected chi connectivity index (χ4v) is 6.74. The minimum absolute atomic E-state index is 0.152. The molecule has 1 unspecified atom stereocenters. The van der Waals surface area contributed by atoms with E-state index in [1.54, 1.807) is 24.3 Å². The maximum atomic E-state index is 13.3. The highest BCUT2D eigenvalue weighted by Gasteiger charge is 2.40. The molecule has 1 aliphatic rings. The van der Waals surface area contributed by atoms with Crippen LogP contribution in [0.25, 0.3) is 11.1 Å². The Kier molecular flexibility index (Phi) is 6.95. The average molecular weight is 469 g/mol. The number of benzene rings is 3. The molecule has 3 aromatic rings. The van der Waals surface area contributed by atoms with E-state index in [9.17, 15) is 18.3 Å². The van der Waals surface area contributed by atoms with Crippen LogP contribution in [0.5, 0.6) is 0 Å². The molecule has 1 fully saturated rings. The number of rotatable bonds is 7. The second-order valence-electron chi connectivity index (χ2n) is 7.38. The van der Waals surface area contributed by atoms with Crippen LogP contribution in [0.15, 0.2) is 89.8 Å². The van der Waals surface area contributed by atoms with Crippen molar-refractivity contribution in [2.24, 2.45) is 0 Å². The zero-order valence-electron chi connectivity index (χ0n) is 17.3. The maximum Gasteiger partial charge on any atom is 0.249 e. The molecule has 166 valence electrons. The third kappa shape index (κ3) is 4.73. The highest BCUT2D eigenvalue weighted by molar-refractivity contribution is 8.02.